The molecule has 1 amide bonds. The second-order valence-electron chi connectivity index (χ2n) is 6.70. The number of amides is 1. The van der Waals surface area contributed by atoms with Crippen molar-refractivity contribution in [2.24, 2.45) is 0 Å². The maximum Gasteiger partial charge on any atom is 0.247 e. The number of piperazine rings is 1. The van der Waals surface area contributed by atoms with Crippen LogP contribution in [-0.2, 0) is 4.79 Å². The SMILES string of the molecule is COc1cc(/C=C/C(=O)N2CCN(C)CC2c2ccccc2)cc(OC)c1. The van der Waals surface area contributed by atoms with Gasteiger partial charge in [-0.3, -0.25) is 4.79 Å². The minimum atomic E-state index is 0.0127. The summed E-state index contributed by atoms with van der Waals surface area (Å²) in [6.45, 7) is 2.41. The molecule has 2 aromatic carbocycles. The van der Waals surface area contributed by atoms with Gasteiger partial charge in [0.15, 0.2) is 0 Å². The number of carbonyl (C=O) groups excluding carboxylic acids is 1. The first kappa shape index (κ1) is 19.0. The molecule has 5 nitrogen and oxygen atoms in total. The number of methoxy groups -OCH3 is 2. The summed E-state index contributed by atoms with van der Waals surface area (Å²) in [7, 11) is 5.32. The van der Waals surface area contributed by atoms with Crippen LogP contribution in [0.5, 0.6) is 11.5 Å². The molecule has 0 aromatic heterocycles. The third-order valence-corrected chi connectivity index (χ3v) is 4.84. The van der Waals surface area contributed by atoms with Gasteiger partial charge in [0, 0.05) is 31.8 Å². The standard InChI is InChI=1S/C22H26N2O3/c1-23-11-12-24(21(16-23)18-7-5-4-6-8-18)22(25)10-9-17-13-19(26-2)15-20(14-17)27-3/h4-10,13-15,21H,11-12,16H2,1-3H3/b10-9+. The van der Waals surface area contributed by atoms with Crippen molar-refractivity contribution in [3.63, 3.8) is 0 Å². The molecule has 3 rings (SSSR count). The molecule has 1 heterocycles. The van der Waals surface area contributed by atoms with Gasteiger partial charge in [-0.25, -0.2) is 0 Å². The van der Waals surface area contributed by atoms with Crippen LogP contribution < -0.4 is 9.47 Å². The van der Waals surface area contributed by atoms with Crippen molar-refractivity contribution in [3.8, 4) is 11.5 Å². The van der Waals surface area contributed by atoms with Gasteiger partial charge < -0.3 is 19.3 Å². The molecule has 1 atom stereocenters. The van der Waals surface area contributed by atoms with Gasteiger partial charge in [0.25, 0.3) is 0 Å². The molecule has 0 bridgehead atoms. The molecule has 27 heavy (non-hydrogen) atoms. The largest absolute Gasteiger partial charge is 0.497 e. The third-order valence-electron chi connectivity index (χ3n) is 4.84. The van der Waals surface area contributed by atoms with Gasteiger partial charge in [0.1, 0.15) is 11.5 Å². The van der Waals surface area contributed by atoms with Crippen molar-refractivity contribution >= 4 is 12.0 Å². The van der Waals surface area contributed by atoms with Gasteiger partial charge in [-0.05, 0) is 36.4 Å². The van der Waals surface area contributed by atoms with Crippen molar-refractivity contribution in [2.75, 3.05) is 40.9 Å². The molecule has 142 valence electrons. The Bertz CT molecular complexity index is 782. The van der Waals surface area contributed by atoms with E-state index in [1.165, 1.54) is 0 Å². The van der Waals surface area contributed by atoms with Gasteiger partial charge in [-0.1, -0.05) is 30.3 Å². The fourth-order valence-electron chi connectivity index (χ4n) is 3.33. The summed E-state index contributed by atoms with van der Waals surface area (Å²) in [6, 6.07) is 15.8. The van der Waals surface area contributed by atoms with Gasteiger partial charge in [-0.2, -0.15) is 0 Å². The molecule has 1 unspecified atom stereocenters. The van der Waals surface area contributed by atoms with E-state index in [0.29, 0.717) is 18.0 Å². The van der Waals surface area contributed by atoms with Crippen LogP contribution in [0.4, 0.5) is 0 Å². The summed E-state index contributed by atoms with van der Waals surface area (Å²) in [5, 5.41) is 0. The third kappa shape index (κ3) is 4.68. The minimum Gasteiger partial charge on any atom is -0.497 e. The molecule has 1 saturated heterocycles. The summed E-state index contributed by atoms with van der Waals surface area (Å²) < 4.78 is 10.6. The topological polar surface area (TPSA) is 42.0 Å². The molecule has 0 N–H and O–H groups in total. The molecule has 1 aliphatic heterocycles. The second kappa shape index (κ2) is 8.73. The van der Waals surface area contributed by atoms with E-state index in [2.05, 4.69) is 24.1 Å². The Hall–Kier alpha value is -2.79. The first-order valence-corrected chi connectivity index (χ1v) is 9.06. The molecule has 0 spiro atoms. The lowest BCUT2D eigenvalue weighted by molar-refractivity contribution is -0.130. The minimum absolute atomic E-state index is 0.0127. The first-order valence-electron chi connectivity index (χ1n) is 9.06. The number of hydrogen-bond donors (Lipinski definition) is 0. The van der Waals surface area contributed by atoms with Crippen LogP contribution in [-0.4, -0.2) is 56.6 Å². The Kier molecular flexibility index (Phi) is 6.14. The molecule has 5 heteroatoms. The van der Waals surface area contributed by atoms with E-state index in [1.807, 2.05) is 47.4 Å². The lowest BCUT2D eigenvalue weighted by atomic mass is 10.0. The quantitative estimate of drug-likeness (QED) is 0.762. The maximum atomic E-state index is 12.9. The normalized spacial score (nSPS) is 17.9. The zero-order valence-corrected chi connectivity index (χ0v) is 16.1. The Balaban J connectivity index is 1.80. The summed E-state index contributed by atoms with van der Waals surface area (Å²) >= 11 is 0. The number of likely N-dealkylation sites (N-methyl/N-ethyl adjacent to an activating group) is 1. The average Bonchev–Trinajstić information content (AvgIpc) is 2.72. The number of rotatable bonds is 5. The molecule has 0 aliphatic carbocycles. The number of benzene rings is 2. The predicted octanol–water partition coefficient (Wildman–Crippen LogP) is 3.23. The zero-order valence-electron chi connectivity index (χ0n) is 16.1. The van der Waals surface area contributed by atoms with Crippen molar-refractivity contribution in [2.45, 2.75) is 6.04 Å². The Morgan fingerprint density at radius 3 is 2.33 bits per heavy atom. The van der Waals surface area contributed by atoms with Crippen LogP contribution in [0.15, 0.2) is 54.6 Å². The van der Waals surface area contributed by atoms with Crippen molar-refractivity contribution in [3.05, 3.63) is 65.7 Å². The van der Waals surface area contributed by atoms with E-state index in [0.717, 1.165) is 24.2 Å². The van der Waals surface area contributed by atoms with Gasteiger partial charge in [-0.15, -0.1) is 0 Å². The lowest BCUT2D eigenvalue weighted by Gasteiger charge is -2.40. The smallest absolute Gasteiger partial charge is 0.247 e. The summed E-state index contributed by atoms with van der Waals surface area (Å²) in [4.78, 5) is 17.1. The van der Waals surface area contributed by atoms with Crippen molar-refractivity contribution in [1.82, 2.24) is 9.80 Å². The number of carbonyl (C=O) groups is 1. The van der Waals surface area contributed by atoms with Gasteiger partial charge in [0.05, 0.1) is 20.3 Å². The Labute approximate surface area is 160 Å². The lowest BCUT2D eigenvalue weighted by Crippen LogP contribution is -2.48. The van der Waals surface area contributed by atoms with Crippen LogP contribution in [0.3, 0.4) is 0 Å². The molecule has 0 radical (unpaired) electrons. The zero-order chi connectivity index (χ0) is 19.2. The first-order chi connectivity index (χ1) is 13.1. The van der Waals surface area contributed by atoms with Gasteiger partial charge in [0.2, 0.25) is 5.91 Å². The van der Waals surface area contributed by atoms with E-state index in [9.17, 15) is 4.79 Å². The maximum absolute atomic E-state index is 12.9. The van der Waals surface area contributed by atoms with Gasteiger partial charge >= 0.3 is 0 Å². The van der Waals surface area contributed by atoms with Crippen molar-refractivity contribution in [1.29, 1.82) is 0 Å². The molecular formula is C22H26N2O3. The number of ether oxygens (including phenoxy) is 2. The Morgan fingerprint density at radius 1 is 1.04 bits per heavy atom. The van der Waals surface area contributed by atoms with Crippen LogP contribution in [0, 0.1) is 0 Å². The predicted molar refractivity (Wildman–Crippen MR) is 107 cm³/mol. The second-order valence-corrected chi connectivity index (χ2v) is 6.70. The molecule has 2 aromatic rings. The summed E-state index contributed by atoms with van der Waals surface area (Å²) in [5.74, 6) is 1.41. The van der Waals surface area contributed by atoms with E-state index in [4.69, 9.17) is 9.47 Å². The van der Waals surface area contributed by atoms with E-state index < -0.39 is 0 Å². The number of hydrogen-bond acceptors (Lipinski definition) is 4. The molecule has 1 fully saturated rings. The fourth-order valence-corrected chi connectivity index (χ4v) is 3.33. The summed E-state index contributed by atoms with van der Waals surface area (Å²) in [6.07, 6.45) is 3.45. The fraction of sp³-hybridized carbons (Fsp3) is 0.318. The van der Waals surface area contributed by atoms with Crippen molar-refractivity contribution < 1.29 is 14.3 Å². The van der Waals surface area contributed by atoms with E-state index in [1.54, 1.807) is 20.3 Å². The average molecular weight is 366 g/mol. The van der Waals surface area contributed by atoms with Crippen LogP contribution in [0.2, 0.25) is 0 Å². The van der Waals surface area contributed by atoms with E-state index in [-0.39, 0.29) is 11.9 Å². The molecular weight excluding hydrogens is 340 g/mol. The summed E-state index contributed by atoms with van der Waals surface area (Å²) in [5.41, 5.74) is 2.03. The number of nitrogens with zero attached hydrogens (tertiary/aromatic N) is 2. The monoisotopic (exact) mass is 366 g/mol. The van der Waals surface area contributed by atoms with Crippen LogP contribution >= 0.6 is 0 Å². The highest BCUT2D eigenvalue weighted by Crippen LogP contribution is 2.26. The molecule has 0 saturated carbocycles. The highest BCUT2D eigenvalue weighted by Gasteiger charge is 2.28. The highest BCUT2D eigenvalue weighted by atomic mass is 16.5. The Morgan fingerprint density at radius 2 is 1.70 bits per heavy atom. The molecule has 1 aliphatic rings. The highest BCUT2D eigenvalue weighted by molar-refractivity contribution is 5.92. The van der Waals surface area contributed by atoms with E-state index >= 15 is 0 Å². The van der Waals surface area contributed by atoms with Crippen LogP contribution in [0.1, 0.15) is 17.2 Å². The van der Waals surface area contributed by atoms with Crippen LogP contribution in [0.25, 0.3) is 6.08 Å².